The number of aromatic nitrogens is 4. The van der Waals surface area contributed by atoms with Gasteiger partial charge in [-0.3, -0.25) is 9.59 Å². The second kappa shape index (κ2) is 7.41. The summed E-state index contributed by atoms with van der Waals surface area (Å²) in [7, 11) is 1.21. The molecule has 0 unspecified atom stereocenters. The first-order valence-corrected chi connectivity index (χ1v) is 10.3. The molecule has 8 nitrogen and oxygen atoms in total. The van der Waals surface area contributed by atoms with E-state index in [0.717, 1.165) is 11.9 Å². The van der Waals surface area contributed by atoms with Crippen LogP contribution < -0.4 is 10.6 Å². The number of hydrogen-bond acceptors (Lipinski definition) is 5. The zero-order valence-electron chi connectivity index (χ0n) is 18.1. The van der Waals surface area contributed by atoms with Crippen LogP contribution >= 0.6 is 11.6 Å². The summed E-state index contributed by atoms with van der Waals surface area (Å²) in [5.74, 6) is -1.51. The van der Waals surface area contributed by atoms with Crippen LogP contribution in [0.25, 0.3) is 5.65 Å². The number of amides is 2. The van der Waals surface area contributed by atoms with Crippen LogP contribution in [0.15, 0.2) is 24.5 Å². The average molecular weight is 481 g/mol. The van der Waals surface area contributed by atoms with E-state index in [9.17, 15) is 22.8 Å². The van der Waals surface area contributed by atoms with Crippen LogP contribution in [0.2, 0.25) is 5.15 Å². The van der Waals surface area contributed by atoms with Gasteiger partial charge in [0, 0.05) is 30.3 Å². The van der Waals surface area contributed by atoms with Crippen molar-refractivity contribution in [1.29, 1.82) is 0 Å². The van der Waals surface area contributed by atoms with Crippen molar-refractivity contribution >= 4 is 34.7 Å². The van der Waals surface area contributed by atoms with Gasteiger partial charge in [-0.1, -0.05) is 25.4 Å². The molecule has 1 aliphatic carbocycles. The highest BCUT2D eigenvalue weighted by Crippen LogP contribution is 2.49. The highest BCUT2D eigenvalue weighted by Gasteiger charge is 2.51. The standard InChI is InChI=1S/C21H20ClF3N6O2/c1-19(2)9-20(3,12-8-27-14-6-13(22)30-31(14)16(12)19)18(33)29-10-5-11(21(23,24)25)15(28-7-10)17(32)26-4/h5-8H,9H2,1-4H3,(H,26,32)(H,29,33)/t20-/m0/s1. The number of halogens is 4. The Balaban J connectivity index is 1.75. The van der Waals surface area contributed by atoms with Gasteiger partial charge in [0.15, 0.2) is 10.8 Å². The van der Waals surface area contributed by atoms with E-state index in [1.54, 1.807) is 23.7 Å². The fraction of sp³-hybridized carbons (Fsp3) is 0.381. The number of fused-ring (bicyclic) bond motifs is 3. The van der Waals surface area contributed by atoms with E-state index in [2.05, 4.69) is 25.7 Å². The minimum absolute atomic E-state index is 0.177. The molecule has 2 N–H and O–H groups in total. The molecule has 0 radical (unpaired) electrons. The van der Waals surface area contributed by atoms with E-state index in [1.807, 2.05) is 13.8 Å². The first kappa shape index (κ1) is 23.0. The van der Waals surface area contributed by atoms with Crippen LogP contribution in [0.1, 0.15) is 54.5 Å². The minimum atomic E-state index is -4.84. The van der Waals surface area contributed by atoms with Crippen molar-refractivity contribution in [2.24, 2.45) is 0 Å². The quantitative estimate of drug-likeness (QED) is 0.595. The monoisotopic (exact) mass is 480 g/mol. The topological polar surface area (TPSA) is 101 Å². The fourth-order valence-corrected chi connectivity index (χ4v) is 4.72. The molecule has 0 saturated carbocycles. The van der Waals surface area contributed by atoms with Gasteiger partial charge < -0.3 is 10.6 Å². The van der Waals surface area contributed by atoms with E-state index < -0.39 is 40.1 Å². The third-order valence-electron chi connectivity index (χ3n) is 5.88. The highest BCUT2D eigenvalue weighted by molar-refractivity contribution is 6.29. The fourth-order valence-electron chi connectivity index (χ4n) is 4.54. The lowest BCUT2D eigenvalue weighted by Gasteiger charge is -2.26. The molecule has 3 aromatic rings. The molecule has 0 aliphatic heterocycles. The Kier molecular flexibility index (Phi) is 5.15. The van der Waals surface area contributed by atoms with Gasteiger partial charge in [-0.05, 0) is 19.4 Å². The predicted octanol–water partition coefficient (Wildman–Crippen LogP) is 3.73. The third-order valence-corrected chi connectivity index (χ3v) is 6.06. The van der Waals surface area contributed by atoms with Gasteiger partial charge in [0.25, 0.3) is 5.91 Å². The van der Waals surface area contributed by atoms with Gasteiger partial charge in [-0.2, -0.15) is 18.3 Å². The maximum Gasteiger partial charge on any atom is 0.418 e. The lowest BCUT2D eigenvalue weighted by molar-refractivity contribution is -0.138. The van der Waals surface area contributed by atoms with Crippen molar-refractivity contribution in [2.75, 3.05) is 12.4 Å². The maximum absolute atomic E-state index is 13.5. The molecule has 0 bridgehead atoms. The lowest BCUT2D eigenvalue weighted by Crippen LogP contribution is -2.37. The number of rotatable bonds is 3. The molecule has 4 rings (SSSR count). The number of pyridine rings is 1. The minimum Gasteiger partial charge on any atom is -0.354 e. The molecule has 2 amide bonds. The van der Waals surface area contributed by atoms with Crippen molar-refractivity contribution < 1.29 is 22.8 Å². The Bertz CT molecular complexity index is 1300. The highest BCUT2D eigenvalue weighted by atomic mass is 35.5. The van der Waals surface area contributed by atoms with Crippen LogP contribution in [0, 0.1) is 0 Å². The van der Waals surface area contributed by atoms with Gasteiger partial charge in [-0.15, -0.1) is 0 Å². The van der Waals surface area contributed by atoms with E-state index in [0.29, 0.717) is 23.7 Å². The summed E-state index contributed by atoms with van der Waals surface area (Å²) in [4.78, 5) is 33.2. The van der Waals surface area contributed by atoms with Crippen LogP contribution in [0.5, 0.6) is 0 Å². The Morgan fingerprint density at radius 1 is 1.15 bits per heavy atom. The second-order valence-electron chi connectivity index (χ2n) is 8.80. The summed E-state index contributed by atoms with van der Waals surface area (Å²) in [6.45, 7) is 5.59. The Morgan fingerprint density at radius 3 is 2.48 bits per heavy atom. The van der Waals surface area contributed by atoms with Gasteiger partial charge in [0.05, 0.1) is 28.6 Å². The molecule has 12 heteroatoms. The Morgan fingerprint density at radius 2 is 1.85 bits per heavy atom. The number of anilines is 1. The van der Waals surface area contributed by atoms with Crippen molar-refractivity contribution in [3.8, 4) is 0 Å². The summed E-state index contributed by atoms with van der Waals surface area (Å²) < 4.78 is 42.2. The largest absolute Gasteiger partial charge is 0.418 e. The SMILES string of the molecule is CNC(=O)c1ncc(NC(=O)[C@@]2(C)CC(C)(C)c3c2cnc2cc(Cl)nn32)cc1C(F)(F)F. The molecule has 0 fully saturated rings. The normalized spacial score (nSPS) is 19.4. The van der Waals surface area contributed by atoms with E-state index >= 15 is 0 Å². The zero-order chi connectivity index (χ0) is 24.3. The van der Waals surface area contributed by atoms with E-state index in [4.69, 9.17) is 11.6 Å². The van der Waals surface area contributed by atoms with Gasteiger partial charge in [-0.25, -0.2) is 14.5 Å². The number of alkyl halides is 3. The van der Waals surface area contributed by atoms with Gasteiger partial charge >= 0.3 is 6.18 Å². The van der Waals surface area contributed by atoms with Crippen LogP contribution in [0.4, 0.5) is 18.9 Å². The van der Waals surface area contributed by atoms with Crippen molar-refractivity contribution in [2.45, 2.75) is 44.2 Å². The molecular formula is C21H20ClF3N6O2. The molecule has 1 atom stereocenters. The number of nitrogens with one attached hydrogen (secondary N) is 2. The number of carbonyl (C=O) groups excluding carboxylic acids is 2. The molecule has 0 aromatic carbocycles. The lowest BCUT2D eigenvalue weighted by atomic mass is 9.79. The molecule has 3 aromatic heterocycles. The Labute approximate surface area is 191 Å². The number of carbonyl (C=O) groups is 2. The first-order chi connectivity index (χ1) is 15.3. The molecule has 0 saturated heterocycles. The van der Waals surface area contributed by atoms with Crippen LogP contribution in [-0.4, -0.2) is 38.4 Å². The van der Waals surface area contributed by atoms with E-state index in [1.165, 1.54) is 7.05 Å². The average Bonchev–Trinajstić information content (AvgIpc) is 3.20. The summed E-state index contributed by atoms with van der Waals surface area (Å²) >= 11 is 6.04. The zero-order valence-corrected chi connectivity index (χ0v) is 18.9. The first-order valence-electron chi connectivity index (χ1n) is 9.94. The maximum atomic E-state index is 13.5. The summed E-state index contributed by atoms with van der Waals surface area (Å²) in [5, 5.41) is 9.20. The van der Waals surface area contributed by atoms with Crippen molar-refractivity contribution in [3.63, 3.8) is 0 Å². The summed E-state index contributed by atoms with van der Waals surface area (Å²) in [6.07, 6.45) is -1.88. The summed E-state index contributed by atoms with van der Waals surface area (Å²) in [5.41, 5.74) is -1.93. The van der Waals surface area contributed by atoms with Crippen molar-refractivity contribution in [1.82, 2.24) is 24.9 Å². The molecule has 174 valence electrons. The molecule has 1 aliphatic rings. The smallest absolute Gasteiger partial charge is 0.354 e. The van der Waals surface area contributed by atoms with Gasteiger partial charge in [0.2, 0.25) is 5.91 Å². The predicted molar refractivity (Wildman–Crippen MR) is 114 cm³/mol. The third kappa shape index (κ3) is 3.69. The Hall–Kier alpha value is -3.21. The second-order valence-corrected chi connectivity index (χ2v) is 9.19. The molecule has 33 heavy (non-hydrogen) atoms. The number of hydrogen-bond donors (Lipinski definition) is 2. The van der Waals surface area contributed by atoms with Gasteiger partial charge in [0.1, 0.15) is 5.69 Å². The van der Waals surface area contributed by atoms with E-state index in [-0.39, 0.29) is 10.8 Å². The number of nitrogens with zero attached hydrogens (tertiary/aromatic N) is 4. The molecule has 0 spiro atoms. The van der Waals surface area contributed by atoms with Crippen LogP contribution in [0.3, 0.4) is 0 Å². The molecular weight excluding hydrogens is 461 g/mol. The molecule has 3 heterocycles. The van der Waals surface area contributed by atoms with Crippen molar-refractivity contribution in [3.05, 3.63) is 52.2 Å². The summed E-state index contributed by atoms with van der Waals surface area (Å²) in [6, 6.07) is 2.31. The van der Waals surface area contributed by atoms with Crippen LogP contribution in [-0.2, 0) is 21.8 Å².